The number of carbonyl (C=O) groups is 3. The molecule has 2 N–H and O–H groups in total. The van der Waals surface area contributed by atoms with Crippen LogP contribution in [0.15, 0.2) is 67.3 Å². The molecule has 0 aliphatic carbocycles. The third-order valence-corrected chi connectivity index (χ3v) is 7.90. The van der Waals surface area contributed by atoms with Gasteiger partial charge in [0.15, 0.2) is 5.60 Å². The standard InChI is InChI=1S/C30H33N3O6/c1-3-13-32-26-12-11-23(31-14-15-39-29(31)37)17-25(26)30(38,28(32)36)20(2)7-6-10-27(35)33-18-22-9-5-4-8-21(22)16-24(33)19-34/h3-9,11-12,17,20,24,34,38H,1,10,13-16,18-19H2,2H3/b7-6+/t20-,24+,30+/m1/s1. The largest absolute Gasteiger partial charge is 0.447 e. The molecule has 9 nitrogen and oxygen atoms in total. The van der Waals surface area contributed by atoms with Gasteiger partial charge in [-0.1, -0.05) is 49.4 Å². The number of hydrogen-bond acceptors (Lipinski definition) is 6. The average molecular weight is 532 g/mol. The highest BCUT2D eigenvalue weighted by Crippen LogP contribution is 2.46. The number of fused-ring (bicyclic) bond motifs is 2. The number of anilines is 2. The number of ether oxygens (including phenoxy) is 1. The molecule has 3 aliphatic rings. The topological polar surface area (TPSA) is 111 Å². The molecule has 39 heavy (non-hydrogen) atoms. The van der Waals surface area contributed by atoms with E-state index < -0.39 is 23.5 Å². The molecule has 2 aromatic rings. The highest BCUT2D eigenvalue weighted by molar-refractivity contribution is 6.08. The van der Waals surface area contributed by atoms with E-state index in [1.807, 2.05) is 24.3 Å². The Morgan fingerprint density at radius 1 is 1.23 bits per heavy atom. The number of nitrogens with zero attached hydrogens (tertiary/aromatic N) is 3. The van der Waals surface area contributed by atoms with Crippen LogP contribution in [-0.4, -0.2) is 65.4 Å². The molecule has 0 unspecified atom stereocenters. The van der Waals surface area contributed by atoms with Gasteiger partial charge in [-0.3, -0.25) is 14.5 Å². The summed E-state index contributed by atoms with van der Waals surface area (Å²) >= 11 is 0. The number of hydrogen-bond donors (Lipinski definition) is 2. The molecule has 3 aliphatic heterocycles. The van der Waals surface area contributed by atoms with Gasteiger partial charge in [0.1, 0.15) is 6.61 Å². The zero-order valence-electron chi connectivity index (χ0n) is 22.0. The van der Waals surface area contributed by atoms with Crippen molar-refractivity contribution in [2.45, 2.75) is 38.0 Å². The molecule has 1 fully saturated rings. The molecule has 2 aromatic carbocycles. The summed E-state index contributed by atoms with van der Waals surface area (Å²) in [6.07, 6.45) is 5.13. The van der Waals surface area contributed by atoms with E-state index >= 15 is 0 Å². The monoisotopic (exact) mass is 531 g/mol. The van der Waals surface area contributed by atoms with Gasteiger partial charge in [-0.15, -0.1) is 6.58 Å². The Bertz CT molecular complexity index is 1340. The first-order valence-electron chi connectivity index (χ1n) is 13.2. The van der Waals surface area contributed by atoms with Gasteiger partial charge in [-0.25, -0.2) is 4.79 Å². The van der Waals surface area contributed by atoms with E-state index in [-0.39, 0.29) is 38.1 Å². The Kier molecular flexibility index (Phi) is 7.29. The van der Waals surface area contributed by atoms with Gasteiger partial charge >= 0.3 is 6.09 Å². The van der Waals surface area contributed by atoms with Crippen molar-refractivity contribution in [3.05, 3.63) is 84.0 Å². The maximum absolute atomic E-state index is 13.5. The second-order valence-corrected chi connectivity index (χ2v) is 10.2. The van der Waals surface area contributed by atoms with E-state index in [0.717, 1.165) is 11.1 Å². The second kappa shape index (κ2) is 10.7. The lowest BCUT2D eigenvalue weighted by Gasteiger charge is -2.36. The Morgan fingerprint density at radius 2 is 2.00 bits per heavy atom. The van der Waals surface area contributed by atoms with Crippen LogP contribution in [0.2, 0.25) is 0 Å². The number of benzene rings is 2. The van der Waals surface area contributed by atoms with Gasteiger partial charge in [-0.05, 0) is 35.7 Å². The molecule has 0 saturated carbocycles. The zero-order chi connectivity index (χ0) is 27.7. The number of aliphatic hydroxyl groups excluding tert-OH is 1. The van der Waals surface area contributed by atoms with E-state index in [1.165, 1.54) is 9.80 Å². The van der Waals surface area contributed by atoms with Crippen molar-refractivity contribution < 1.29 is 29.3 Å². The molecule has 0 aromatic heterocycles. The van der Waals surface area contributed by atoms with E-state index in [1.54, 1.807) is 48.3 Å². The first kappa shape index (κ1) is 26.6. The molecule has 3 heterocycles. The van der Waals surface area contributed by atoms with E-state index in [9.17, 15) is 24.6 Å². The Morgan fingerprint density at radius 3 is 2.69 bits per heavy atom. The summed E-state index contributed by atoms with van der Waals surface area (Å²) in [5, 5.41) is 21.8. The van der Waals surface area contributed by atoms with E-state index in [2.05, 4.69) is 6.58 Å². The van der Waals surface area contributed by atoms with Gasteiger partial charge in [-0.2, -0.15) is 0 Å². The molecule has 1 saturated heterocycles. The maximum Gasteiger partial charge on any atom is 0.414 e. The van der Waals surface area contributed by atoms with Crippen LogP contribution in [0.5, 0.6) is 0 Å². The lowest BCUT2D eigenvalue weighted by Crippen LogP contribution is -2.46. The summed E-state index contributed by atoms with van der Waals surface area (Å²) in [6.45, 7) is 6.63. The number of carbonyl (C=O) groups excluding carboxylic acids is 3. The van der Waals surface area contributed by atoms with Crippen molar-refractivity contribution >= 4 is 29.3 Å². The molecule has 3 atom stereocenters. The Labute approximate surface area is 227 Å². The molecule has 0 spiro atoms. The van der Waals surface area contributed by atoms with Crippen LogP contribution in [0, 0.1) is 5.92 Å². The second-order valence-electron chi connectivity index (χ2n) is 10.2. The zero-order valence-corrected chi connectivity index (χ0v) is 22.0. The Hall–Kier alpha value is -3.95. The summed E-state index contributed by atoms with van der Waals surface area (Å²) in [5.74, 6) is -1.31. The van der Waals surface area contributed by atoms with Crippen LogP contribution in [0.1, 0.15) is 30.0 Å². The summed E-state index contributed by atoms with van der Waals surface area (Å²) in [5.41, 5.74) is 1.78. The normalized spacial score (nSPS) is 23.2. The molecule has 3 amide bonds. The quantitative estimate of drug-likeness (QED) is 0.507. The first-order chi connectivity index (χ1) is 18.8. The molecule has 204 valence electrons. The molecular weight excluding hydrogens is 498 g/mol. The molecule has 9 heteroatoms. The third-order valence-electron chi connectivity index (χ3n) is 7.90. The highest BCUT2D eigenvalue weighted by atomic mass is 16.6. The summed E-state index contributed by atoms with van der Waals surface area (Å²) in [7, 11) is 0. The van der Waals surface area contributed by atoms with Crippen LogP contribution in [-0.2, 0) is 32.9 Å². The first-order valence-corrected chi connectivity index (χ1v) is 13.2. The van der Waals surface area contributed by atoms with Gasteiger partial charge < -0.3 is 24.7 Å². The number of amides is 3. The van der Waals surface area contributed by atoms with Crippen molar-refractivity contribution in [2.75, 3.05) is 36.1 Å². The van der Waals surface area contributed by atoms with Crippen molar-refractivity contribution in [3.8, 4) is 0 Å². The van der Waals surface area contributed by atoms with Crippen LogP contribution < -0.4 is 9.80 Å². The van der Waals surface area contributed by atoms with Crippen LogP contribution in [0.25, 0.3) is 0 Å². The summed E-state index contributed by atoms with van der Waals surface area (Å²) in [4.78, 5) is 43.5. The van der Waals surface area contributed by atoms with Crippen molar-refractivity contribution in [1.82, 2.24) is 4.90 Å². The number of rotatable bonds is 8. The molecular formula is C30H33N3O6. The molecule has 0 radical (unpaired) electrons. The van der Waals surface area contributed by atoms with Crippen molar-refractivity contribution in [2.24, 2.45) is 5.92 Å². The van der Waals surface area contributed by atoms with Crippen molar-refractivity contribution in [3.63, 3.8) is 0 Å². The predicted molar refractivity (Wildman–Crippen MR) is 146 cm³/mol. The number of cyclic esters (lactones) is 1. The smallest absolute Gasteiger partial charge is 0.414 e. The third kappa shape index (κ3) is 4.62. The maximum atomic E-state index is 13.5. The van der Waals surface area contributed by atoms with Gasteiger partial charge in [0.05, 0.1) is 24.9 Å². The van der Waals surface area contributed by atoms with Gasteiger partial charge in [0, 0.05) is 36.7 Å². The van der Waals surface area contributed by atoms with Crippen LogP contribution >= 0.6 is 0 Å². The highest BCUT2D eigenvalue weighted by Gasteiger charge is 2.52. The minimum absolute atomic E-state index is 0.0656. The fourth-order valence-electron chi connectivity index (χ4n) is 5.71. The van der Waals surface area contributed by atoms with E-state index in [0.29, 0.717) is 36.4 Å². The van der Waals surface area contributed by atoms with E-state index in [4.69, 9.17) is 4.74 Å². The van der Waals surface area contributed by atoms with Crippen LogP contribution in [0.3, 0.4) is 0 Å². The predicted octanol–water partition coefficient (Wildman–Crippen LogP) is 2.89. The molecule has 0 bridgehead atoms. The number of aliphatic hydroxyl groups is 2. The minimum Gasteiger partial charge on any atom is -0.447 e. The molecule has 5 rings (SSSR count). The summed E-state index contributed by atoms with van der Waals surface area (Å²) in [6, 6.07) is 12.7. The lowest BCUT2D eigenvalue weighted by atomic mass is 9.82. The summed E-state index contributed by atoms with van der Waals surface area (Å²) < 4.78 is 5.05. The van der Waals surface area contributed by atoms with Crippen LogP contribution in [0.4, 0.5) is 16.2 Å². The fourth-order valence-corrected chi connectivity index (χ4v) is 5.71. The average Bonchev–Trinajstić information content (AvgIpc) is 3.47. The van der Waals surface area contributed by atoms with Crippen molar-refractivity contribution in [1.29, 1.82) is 0 Å². The SMILES string of the molecule is C=CCN1C(=O)[C@](O)([C@H](C)/C=C/CC(=O)N2Cc3ccccc3C[C@H]2CO)c2cc(N3CCOC3=O)ccc21. The Balaban J connectivity index is 1.37. The minimum atomic E-state index is -1.89. The fraction of sp³-hybridized carbons (Fsp3) is 0.367. The lowest BCUT2D eigenvalue weighted by molar-refractivity contribution is -0.139. The van der Waals surface area contributed by atoms with Gasteiger partial charge in [0.2, 0.25) is 5.91 Å². The van der Waals surface area contributed by atoms with Gasteiger partial charge in [0.25, 0.3) is 5.91 Å².